The number of carbonyl (C=O) groups excluding carboxylic acids is 1. The average Bonchev–Trinajstić information content (AvgIpc) is 2.85. The molecule has 0 aliphatic carbocycles. The van der Waals surface area contributed by atoms with E-state index >= 15 is 0 Å². The van der Waals surface area contributed by atoms with Crippen molar-refractivity contribution >= 4 is 5.91 Å². The van der Waals surface area contributed by atoms with Gasteiger partial charge in [0.25, 0.3) is 5.91 Å². The van der Waals surface area contributed by atoms with Gasteiger partial charge < -0.3 is 10.0 Å². The minimum absolute atomic E-state index is 0.00942. The summed E-state index contributed by atoms with van der Waals surface area (Å²) in [6.07, 6.45) is -3.02. The van der Waals surface area contributed by atoms with E-state index in [9.17, 15) is 18.0 Å². The Labute approximate surface area is 108 Å². The molecule has 0 saturated carbocycles. The molecule has 1 N–H and O–H groups in total. The Hall–Kier alpha value is -1.56. The van der Waals surface area contributed by atoms with E-state index in [2.05, 4.69) is 0 Å². The lowest BCUT2D eigenvalue weighted by atomic mass is 10.1. The number of rotatable bonds is 2. The molecule has 1 aliphatic heterocycles. The lowest BCUT2D eigenvalue weighted by Gasteiger charge is -2.23. The van der Waals surface area contributed by atoms with E-state index in [-0.39, 0.29) is 18.2 Å². The molecular formula is C13H14F3NO2. The van der Waals surface area contributed by atoms with Crippen LogP contribution in [0.4, 0.5) is 13.2 Å². The van der Waals surface area contributed by atoms with Crippen LogP contribution in [0.5, 0.6) is 0 Å². The molecule has 1 aromatic rings. The zero-order chi connectivity index (χ0) is 14.0. The summed E-state index contributed by atoms with van der Waals surface area (Å²) in [4.78, 5) is 13.6. The smallest absolute Gasteiger partial charge is 0.394 e. The second-order valence-corrected chi connectivity index (χ2v) is 4.56. The first-order chi connectivity index (χ1) is 8.93. The molecule has 0 spiro atoms. The summed E-state index contributed by atoms with van der Waals surface area (Å²) in [6, 6.07) is 4.09. The quantitative estimate of drug-likeness (QED) is 0.898. The first-order valence-electron chi connectivity index (χ1n) is 6.02. The summed E-state index contributed by atoms with van der Waals surface area (Å²) in [7, 11) is 0. The van der Waals surface area contributed by atoms with Crippen LogP contribution in [0.25, 0.3) is 0 Å². The predicted molar refractivity (Wildman–Crippen MR) is 62.6 cm³/mol. The van der Waals surface area contributed by atoms with Gasteiger partial charge in [-0.3, -0.25) is 4.79 Å². The molecular weight excluding hydrogens is 259 g/mol. The molecule has 1 amide bonds. The molecule has 1 saturated heterocycles. The van der Waals surface area contributed by atoms with Gasteiger partial charge in [-0.25, -0.2) is 0 Å². The fourth-order valence-corrected chi connectivity index (χ4v) is 2.29. The van der Waals surface area contributed by atoms with Gasteiger partial charge in [0.1, 0.15) is 0 Å². The average molecular weight is 273 g/mol. The molecule has 1 aliphatic rings. The molecule has 0 aromatic heterocycles. The van der Waals surface area contributed by atoms with Crippen molar-refractivity contribution in [3.63, 3.8) is 0 Å². The molecule has 1 heterocycles. The highest BCUT2D eigenvalue weighted by Crippen LogP contribution is 2.30. The molecule has 1 atom stereocenters. The Morgan fingerprint density at radius 2 is 2.16 bits per heavy atom. The third kappa shape index (κ3) is 2.89. The van der Waals surface area contributed by atoms with Gasteiger partial charge in [-0.1, -0.05) is 6.07 Å². The highest BCUT2D eigenvalue weighted by molar-refractivity contribution is 5.94. The SMILES string of the molecule is O=C(c1cccc(C(F)(F)F)c1)N1CCC[C@H]1CO. The topological polar surface area (TPSA) is 40.5 Å². The highest BCUT2D eigenvalue weighted by Gasteiger charge is 2.33. The number of benzene rings is 1. The first-order valence-corrected chi connectivity index (χ1v) is 6.02. The van der Waals surface area contributed by atoms with Crippen molar-refractivity contribution in [3.8, 4) is 0 Å². The molecule has 0 bridgehead atoms. The third-order valence-electron chi connectivity index (χ3n) is 3.29. The fraction of sp³-hybridized carbons (Fsp3) is 0.462. The molecule has 3 nitrogen and oxygen atoms in total. The lowest BCUT2D eigenvalue weighted by molar-refractivity contribution is -0.137. The zero-order valence-corrected chi connectivity index (χ0v) is 10.2. The molecule has 2 rings (SSSR count). The largest absolute Gasteiger partial charge is 0.416 e. The summed E-state index contributed by atoms with van der Waals surface area (Å²) >= 11 is 0. The Morgan fingerprint density at radius 3 is 2.79 bits per heavy atom. The van der Waals surface area contributed by atoms with Crippen molar-refractivity contribution in [2.45, 2.75) is 25.1 Å². The van der Waals surface area contributed by atoms with Crippen molar-refractivity contribution in [3.05, 3.63) is 35.4 Å². The van der Waals surface area contributed by atoms with E-state index in [4.69, 9.17) is 5.11 Å². The minimum atomic E-state index is -4.46. The number of hydrogen-bond acceptors (Lipinski definition) is 2. The molecule has 0 radical (unpaired) electrons. The van der Waals surface area contributed by atoms with Crippen LogP contribution < -0.4 is 0 Å². The first kappa shape index (κ1) is 13.9. The number of aliphatic hydroxyl groups is 1. The fourth-order valence-electron chi connectivity index (χ4n) is 2.29. The molecule has 0 unspecified atom stereocenters. The summed E-state index contributed by atoms with van der Waals surface area (Å²) < 4.78 is 37.8. The Balaban J connectivity index is 2.24. The highest BCUT2D eigenvalue weighted by atomic mass is 19.4. The van der Waals surface area contributed by atoms with Gasteiger partial charge in [-0.2, -0.15) is 13.2 Å². The van der Waals surface area contributed by atoms with E-state index in [0.29, 0.717) is 13.0 Å². The van der Waals surface area contributed by atoms with Gasteiger partial charge in [-0.15, -0.1) is 0 Å². The molecule has 19 heavy (non-hydrogen) atoms. The van der Waals surface area contributed by atoms with Crippen LogP contribution in [-0.2, 0) is 6.18 Å². The van der Waals surface area contributed by atoms with Crippen molar-refractivity contribution in [1.82, 2.24) is 4.90 Å². The van der Waals surface area contributed by atoms with Crippen LogP contribution in [0.3, 0.4) is 0 Å². The number of carbonyl (C=O) groups is 1. The number of halogens is 3. The van der Waals surface area contributed by atoms with Crippen molar-refractivity contribution < 1.29 is 23.1 Å². The predicted octanol–water partition coefficient (Wildman–Crippen LogP) is 2.30. The van der Waals surface area contributed by atoms with E-state index in [0.717, 1.165) is 18.6 Å². The summed E-state index contributed by atoms with van der Waals surface area (Å²) in [5, 5.41) is 9.14. The number of amides is 1. The Bertz CT molecular complexity index is 473. The summed E-state index contributed by atoms with van der Waals surface area (Å²) in [5.41, 5.74) is -0.826. The van der Waals surface area contributed by atoms with E-state index in [1.807, 2.05) is 0 Å². The second-order valence-electron chi connectivity index (χ2n) is 4.56. The maximum atomic E-state index is 12.6. The maximum absolute atomic E-state index is 12.6. The number of aliphatic hydroxyl groups excluding tert-OH is 1. The van der Waals surface area contributed by atoms with Gasteiger partial charge >= 0.3 is 6.18 Å². The van der Waals surface area contributed by atoms with E-state index in [1.54, 1.807) is 0 Å². The number of nitrogens with zero attached hydrogens (tertiary/aromatic N) is 1. The van der Waals surface area contributed by atoms with Crippen LogP contribution in [-0.4, -0.2) is 35.1 Å². The van der Waals surface area contributed by atoms with Crippen LogP contribution in [0.1, 0.15) is 28.8 Å². The minimum Gasteiger partial charge on any atom is -0.394 e. The zero-order valence-electron chi connectivity index (χ0n) is 10.2. The molecule has 104 valence electrons. The summed E-state index contributed by atoms with van der Waals surface area (Å²) in [5.74, 6) is -0.456. The van der Waals surface area contributed by atoms with Crippen molar-refractivity contribution in [2.75, 3.05) is 13.2 Å². The Morgan fingerprint density at radius 1 is 1.42 bits per heavy atom. The third-order valence-corrected chi connectivity index (χ3v) is 3.29. The van der Waals surface area contributed by atoms with Crippen LogP contribution in [0.2, 0.25) is 0 Å². The van der Waals surface area contributed by atoms with Gasteiger partial charge in [0.2, 0.25) is 0 Å². The number of alkyl halides is 3. The molecule has 1 fully saturated rings. The summed E-state index contributed by atoms with van der Waals surface area (Å²) in [6.45, 7) is 0.311. The van der Waals surface area contributed by atoms with E-state index in [1.165, 1.54) is 17.0 Å². The number of likely N-dealkylation sites (tertiary alicyclic amines) is 1. The van der Waals surface area contributed by atoms with Gasteiger partial charge in [0.15, 0.2) is 0 Å². The maximum Gasteiger partial charge on any atom is 0.416 e. The van der Waals surface area contributed by atoms with Gasteiger partial charge in [0.05, 0.1) is 18.2 Å². The lowest BCUT2D eigenvalue weighted by Crippen LogP contribution is -2.37. The molecule has 1 aromatic carbocycles. The number of hydrogen-bond donors (Lipinski definition) is 1. The van der Waals surface area contributed by atoms with Crippen LogP contribution >= 0.6 is 0 Å². The standard InChI is InChI=1S/C13H14F3NO2/c14-13(15,16)10-4-1-3-9(7-10)12(19)17-6-2-5-11(17)8-18/h1,3-4,7,11,18H,2,5-6,8H2/t11-/m0/s1. The molecule has 6 heteroatoms. The van der Waals surface area contributed by atoms with Crippen LogP contribution in [0, 0.1) is 0 Å². The monoisotopic (exact) mass is 273 g/mol. The van der Waals surface area contributed by atoms with E-state index < -0.39 is 17.6 Å². The van der Waals surface area contributed by atoms with Crippen LogP contribution in [0.15, 0.2) is 24.3 Å². The van der Waals surface area contributed by atoms with Crippen molar-refractivity contribution in [2.24, 2.45) is 0 Å². The van der Waals surface area contributed by atoms with Gasteiger partial charge in [0, 0.05) is 12.1 Å². The second kappa shape index (κ2) is 5.21. The normalized spacial score (nSPS) is 19.8. The van der Waals surface area contributed by atoms with Gasteiger partial charge in [-0.05, 0) is 31.0 Å². The van der Waals surface area contributed by atoms with Crippen molar-refractivity contribution in [1.29, 1.82) is 0 Å². The Kier molecular flexibility index (Phi) is 3.80.